The summed E-state index contributed by atoms with van der Waals surface area (Å²) in [5, 5.41) is 10.4. The standard InChI is InChI=1S/C18H14ClFN2O2/c19-14-3-5-21-17(13(14)9-23)22-6-4-11-7-12(10-1-2-10)8-15(20)16(11)18(22)24/h3-8,10,23H,1-2,9H2. The summed E-state index contributed by atoms with van der Waals surface area (Å²) in [5.41, 5.74) is 0.751. The number of fused-ring (bicyclic) bond motifs is 1. The number of benzene rings is 1. The lowest BCUT2D eigenvalue weighted by molar-refractivity contribution is 0.281. The summed E-state index contributed by atoms with van der Waals surface area (Å²) in [7, 11) is 0. The lowest BCUT2D eigenvalue weighted by atomic mass is 10.0. The maximum absolute atomic E-state index is 14.5. The van der Waals surface area contributed by atoms with E-state index in [1.165, 1.54) is 22.9 Å². The second kappa shape index (κ2) is 5.69. The summed E-state index contributed by atoms with van der Waals surface area (Å²) in [6.45, 7) is -0.365. The topological polar surface area (TPSA) is 55.1 Å². The first-order valence-electron chi connectivity index (χ1n) is 7.69. The van der Waals surface area contributed by atoms with E-state index in [0.29, 0.717) is 21.9 Å². The molecule has 0 amide bonds. The molecule has 0 unspecified atom stereocenters. The molecule has 1 aliphatic rings. The molecule has 3 aromatic rings. The van der Waals surface area contributed by atoms with E-state index in [4.69, 9.17) is 11.6 Å². The molecular weight excluding hydrogens is 331 g/mol. The predicted molar refractivity (Wildman–Crippen MR) is 90.2 cm³/mol. The summed E-state index contributed by atoms with van der Waals surface area (Å²) < 4.78 is 15.8. The van der Waals surface area contributed by atoms with Crippen LogP contribution in [0.4, 0.5) is 4.39 Å². The van der Waals surface area contributed by atoms with Crippen molar-refractivity contribution in [1.82, 2.24) is 9.55 Å². The van der Waals surface area contributed by atoms with E-state index in [0.717, 1.165) is 18.4 Å². The van der Waals surface area contributed by atoms with Gasteiger partial charge in [0.25, 0.3) is 5.56 Å². The maximum atomic E-state index is 14.5. The number of aromatic nitrogens is 2. The molecule has 0 saturated heterocycles. The van der Waals surface area contributed by atoms with Gasteiger partial charge in [0.15, 0.2) is 0 Å². The Kier molecular flexibility index (Phi) is 3.62. The fourth-order valence-corrected chi connectivity index (χ4v) is 3.18. The van der Waals surface area contributed by atoms with Crippen molar-refractivity contribution in [3.63, 3.8) is 0 Å². The highest BCUT2D eigenvalue weighted by molar-refractivity contribution is 6.31. The largest absolute Gasteiger partial charge is 0.391 e. The van der Waals surface area contributed by atoms with Gasteiger partial charge in [-0.2, -0.15) is 0 Å². The molecule has 0 bridgehead atoms. The average molecular weight is 345 g/mol. The van der Waals surface area contributed by atoms with Gasteiger partial charge in [0, 0.05) is 18.0 Å². The molecule has 122 valence electrons. The molecule has 1 N–H and O–H groups in total. The molecule has 1 aromatic carbocycles. The van der Waals surface area contributed by atoms with Crippen LogP contribution in [0.15, 0.2) is 41.5 Å². The van der Waals surface area contributed by atoms with Crippen molar-refractivity contribution in [1.29, 1.82) is 0 Å². The molecule has 4 rings (SSSR count). The normalized spacial score (nSPS) is 14.3. The predicted octanol–water partition coefficient (Wildman–Crippen LogP) is 3.55. The third-order valence-corrected chi connectivity index (χ3v) is 4.74. The van der Waals surface area contributed by atoms with Gasteiger partial charge in [0.2, 0.25) is 0 Å². The number of hydrogen-bond donors (Lipinski definition) is 1. The Morgan fingerprint density at radius 1 is 1.33 bits per heavy atom. The lowest BCUT2D eigenvalue weighted by Gasteiger charge is -2.12. The van der Waals surface area contributed by atoms with Crippen molar-refractivity contribution in [2.24, 2.45) is 0 Å². The highest BCUT2D eigenvalue weighted by atomic mass is 35.5. The molecule has 0 aliphatic heterocycles. The van der Waals surface area contributed by atoms with Crippen molar-refractivity contribution in [2.45, 2.75) is 25.4 Å². The van der Waals surface area contributed by atoms with Gasteiger partial charge in [0.05, 0.1) is 17.0 Å². The molecule has 2 heterocycles. The number of aliphatic hydroxyl groups excluding tert-OH is 1. The maximum Gasteiger partial charge on any atom is 0.267 e. The number of pyridine rings is 2. The van der Waals surface area contributed by atoms with Gasteiger partial charge >= 0.3 is 0 Å². The molecule has 0 spiro atoms. The van der Waals surface area contributed by atoms with E-state index in [9.17, 15) is 14.3 Å². The second-order valence-corrected chi connectivity index (χ2v) is 6.39. The van der Waals surface area contributed by atoms with Crippen LogP contribution in [-0.2, 0) is 6.61 Å². The monoisotopic (exact) mass is 344 g/mol. The first-order valence-corrected chi connectivity index (χ1v) is 8.07. The number of nitrogens with zero attached hydrogens (tertiary/aromatic N) is 2. The fraction of sp³-hybridized carbons (Fsp3) is 0.222. The van der Waals surface area contributed by atoms with E-state index in [2.05, 4.69) is 4.98 Å². The quantitative estimate of drug-likeness (QED) is 0.790. The number of hydrogen-bond acceptors (Lipinski definition) is 3. The van der Waals surface area contributed by atoms with Crippen molar-refractivity contribution in [3.05, 3.63) is 69.0 Å². The van der Waals surface area contributed by atoms with Crippen LogP contribution >= 0.6 is 11.6 Å². The molecule has 0 radical (unpaired) electrons. The van der Waals surface area contributed by atoms with E-state index in [1.807, 2.05) is 6.07 Å². The van der Waals surface area contributed by atoms with E-state index in [-0.39, 0.29) is 17.8 Å². The highest BCUT2D eigenvalue weighted by Crippen LogP contribution is 2.41. The number of halogens is 2. The van der Waals surface area contributed by atoms with Gasteiger partial charge in [0.1, 0.15) is 11.6 Å². The Morgan fingerprint density at radius 3 is 2.83 bits per heavy atom. The zero-order valence-corrected chi connectivity index (χ0v) is 13.4. The molecular formula is C18H14ClFN2O2. The molecule has 4 nitrogen and oxygen atoms in total. The van der Waals surface area contributed by atoms with Gasteiger partial charge in [-0.25, -0.2) is 9.37 Å². The van der Waals surface area contributed by atoms with Crippen LogP contribution in [0, 0.1) is 5.82 Å². The van der Waals surface area contributed by atoms with Crippen molar-refractivity contribution >= 4 is 22.4 Å². The minimum absolute atomic E-state index is 0.0209. The summed E-state index contributed by atoms with van der Waals surface area (Å²) in [5.74, 6) is 0.0887. The molecule has 0 atom stereocenters. The van der Waals surface area contributed by atoms with E-state index < -0.39 is 11.4 Å². The molecule has 1 saturated carbocycles. The number of rotatable bonds is 3. The van der Waals surface area contributed by atoms with Crippen LogP contribution in [0.5, 0.6) is 0 Å². The highest BCUT2D eigenvalue weighted by Gasteiger charge is 2.25. The van der Waals surface area contributed by atoms with Gasteiger partial charge in [-0.15, -0.1) is 0 Å². The zero-order chi connectivity index (χ0) is 16.8. The van der Waals surface area contributed by atoms with Crippen molar-refractivity contribution < 1.29 is 9.50 Å². The summed E-state index contributed by atoms with van der Waals surface area (Å²) in [6.07, 6.45) is 5.11. The zero-order valence-electron chi connectivity index (χ0n) is 12.7. The van der Waals surface area contributed by atoms with Gasteiger partial charge < -0.3 is 5.11 Å². The molecule has 1 fully saturated rings. The molecule has 2 aromatic heterocycles. The first kappa shape index (κ1) is 15.3. The Hall–Kier alpha value is -2.24. The molecule has 24 heavy (non-hydrogen) atoms. The van der Waals surface area contributed by atoms with E-state index >= 15 is 0 Å². The average Bonchev–Trinajstić information content (AvgIpc) is 3.39. The van der Waals surface area contributed by atoms with Crippen LogP contribution in [0.1, 0.15) is 29.9 Å². The van der Waals surface area contributed by atoms with Crippen LogP contribution in [-0.4, -0.2) is 14.7 Å². The minimum atomic E-state index is -0.527. The Labute approximate surface area is 142 Å². The summed E-state index contributed by atoms with van der Waals surface area (Å²) in [6, 6.07) is 6.55. The third kappa shape index (κ3) is 2.41. The van der Waals surface area contributed by atoms with E-state index in [1.54, 1.807) is 12.3 Å². The molecule has 6 heteroatoms. The van der Waals surface area contributed by atoms with Gasteiger partial charge in [-0.1, -0.05) is 17.7 Å². The van der Waals surface area contributed by atoms with Crippen LogP contribution < -0.4 is 5.56 Å². The molecule has 1 aliphatic carbocycles. The van der Waals surface area contributed by atoms with Crippen LogP contribution in [0.3, 0.4) is 0 Å². The smallest absolute Gasteiger partial charge is 0.267 e. The minimum Gasteiger partial charge on any atom is -0.391 e. The second-order valence-electron chi connectivity index (χ2n) is 5.99. The van der Waals surface area contributed by atoms with Gasteiger partial charge in [-0.3, -0.25) is 9.36 Å². The number of aliphatic hydroxyl groups is 1. The third-order valence-electron chi connectivity index (χ3n) is 4.39. The van der Waals surface area contributed by atoms with Gasteiger partial charge in [-0.05, 0) is 47.9 Å². The Morgan fingerprint density at radius 2 is 2.12 bits per heavy atom. The van der Waals surface area contributed by atoms with Crippen molar-refractivity contribution in [2.75, 3.05) is 0 Å². The summed E-state index contributed by atoms with van der Waals surface area (Å²) >= 11 is 6.05. The summed E-state index contributed by atoms with van der Waals surface area (Å²) in [4.78, 5) is 16.9. The van der Waals surface area contributed by atoms with Crippen LogP contribution in [0.2, 0.25) is 5.02 Å². The SMILES string of the molecule is O=c1c2c(F)cc(C3CC3)cc2ccn1-c1nccc(Cl)c1CO. The Bertz CT molecular complexity index is 1010. The first-order chi connectivity index (χ1) is 11.6. The lowest BCUT2D eigenvalue weighted by Crippen LogP contribution is -2.21. The fourth-order valence-electron chi connectivity index (χ4n) is 2.98. The van der Waals surface area contributed by atoms with Crippen molar-refractivity contribution in [3.8, 4) is 5.82 Å². The van der Waals surface area contributed by atoms with Crippen LogP contribution in [0.25, 0.3) is 16.6 Å². The Balaban J connectivity index is 1.97.